The van der Waals surface area contributed by atoms with Crippen molar-refractivity contribution >= 4 is 5.91 Å². The molecule has 1 saturated heterocycles. The molecule has 120 valence electrons. The van der Waals surface area contributed by atoms with Gasteiger partial charge >= 0.3 is 0 Å². The zero-order valence-electron chi connectivity index (χ0n) is 13.9. The summed E-state index contributed by atoms with van der Waals surface area (Å²) in [6.45, 7) is 3.92. The number of aryl methyl sites for hydroxylation is 2. The highest BCUT2D eigenvalue weighted by atomic mass is 16.2. The molecule has 0 aliphatic carbocycles. The van der Waals surface area contributed by atoms with Crippen molar-refractivity contribution in [3.8, 4) is 0 Å². The van der Waals surface area contributed by atoms with E-state index in [2.05, 4.69) is 60.4 Å². The van der Waals surface area contributed by atoms with Crippen LogP contribution in [0.25, 0.3) is 0 Å². The average molecular weight is 307 g/mol. The van der Waals surface area contributed by atoms with Gasteiger partial charge in [0, 0.05) is 19.0 Å². The molecule has 0 radical (unpaired) electrons. The molecule has 23 heavy (non-hydrogen) atoms. The zero-order chi connectivity index (χ0) is 16.1. The van der Waals surface area contributed by atoms with Gasteiger partial charge in [-0.1, -0.05) is 54.6 Å². The smallest absolute Gasteiger partial charge is 0.225 e. The van der Waals surface area contributed by atoms with Crippen LogP contribution in [-0.2, 0) is 17.6 Å². The van der Waals surface area contributed by atoms with Crippen LogP contribution in [0.4, 0.5) is 0 Å². The second kappa shape index (κ2) is 7.45. The second-order valence-corrected chi connectivity index (χ2v) is 6.51. The van der Waals surface area contributed by atoms with Crippen molar-refractivity contribution in [2.75, 3.05) is 13.1 Å². The molecular weight excluding hydrogens is 282 g/mol. The van der Waals surface area contributed by atoms with Crippen LogP contribution in [0.2, 0.25) is 0 Å². The van der Waals surface area contributed by atoms with Crippen molar-refractivity contribution in [1.29, 1.82) is 0 Å². The molecule has 0 N–H and O–H groups in total. The van der Waals surface area contributed by atoms with Gasteiger partial charge in [-0.3, -0.25) is 4.79 Å². The summed E-state index contributed by atoms with van der Waals surface area (Å²) in [5, 5.41) is 0. The lowest BCUT2D eigenvalue weighted by Crippen LogP contribution is -2.29. The highest BCUT2D eigenvalue weighted by molar-refractivity contribution is 5.80. The number of benzene rings is 2. The molecule has 2 aromatic carbocycles. The molecule has 1 aliphatic heterocycles. The van der Waals surface area contributed by atoms with E-state index in [0.29, 0.717) is 5.91 Å². The van der Waals surface area contributed by atoms with E-state index in [9.17, 15) is 4.79 Å². The highest BCUT2D eigenvalue weighted by Gasteiger charge is 2.30. The molecule has 3 rings (SSSR count). The molecule has 0 bridgehead atoms. The van der Waals surface area contributed by atoms with E-state index in [1.165, 1.54) is 16.7 Å². The van der Waals surface area contributed by atoms with E-state index in [0.717, 1.165) is 38.8 Å². The Hall–Kier alpha value is -2.09. The third kappa shape index (κ3) is 4.01. The molecule has 1 fully saturated rings. The lowest BCUT2D eigenvalue weighted by molar-refractivity contribution is -0.131. The maximum atomic E-state index is 12.6. The number of rotatable bonds is 6. The molecule has 0 aromatic heterocycles. The number of likely N-dealkylation sites (tertiary alicyclic amines) is 1. The average Bonchev–Trinajstić information content (AvgIpc) is 2.93. The van der Waals surface area contributed by atoms with Crippen LogP contribution >= 0.6 is 0 Å². The fourth-order valence-corrected chi connectivity index (χ4v) is 3.42. The predicted octanol–water partition coefficient (Wildman–Crippen LogP) is 4.02. The van der Waals surface area contributed by atoms with Crippen molar-refractivity contribution in [2.45, 2.75) is 32.6 Å². The lowest BCUT2D eigenvalue weighted by atomic mass is 9.96. The van der Waals surface area contributed by atoms with Crippen LogP contribution in [0.3, 0.4) is 0 Å². The third-order valence-corrected chi connectivity index (χ3v) is 4.95. The summed E-state index contributed by atoms with van der Waals surface area (Å²) in [5.41, 5.74) is 4.02. The van der Waals surface area contributed by atoms with Crippen LogP contribution in [0.1, 0.15) is 29.5 Å². The Labute approximate surface area is 139 Å². The van der Waals surface area contributed by atoms with Gasteiger partial charge in [0.25, 0.3) is 0 Å². The quantitative estimate of drug-likeness (QED) is 0.789. The molecule has 2 heteroatoms. The van der Waals surface area contributed by atoms with Crippen LogP contribution in [-0.4, -0.2) is 23.9 Å². The summed E-state index contributed by atoms with van der Waals surface area (Å²) in [6, 6.07) is 18.9. The Morgan fingerprint density at radius 3 is 2.52 bits per heavy atom. The van der Waals surface area contributed by atoms with E-state index in [1.807, 2.05) is 6.07 Å². The zero-order valence-corrected chi connectivity index (χ0v) is 13.9. The minimum atomic E-state index is 0.213. The normalized spacial score (nSPS) is 17.7. The molecule has 0 saturated carbocycles. The molecule has 1 amide bonds. The fraction of sp³-hybridized carbons (Fsp3) is 0.381. The van der Waals surface area contributed by atoms with Gasteiger partial charge in [0.05, 0.1) is 0 Å². The summed E-state index contributed by atoms with van der Waals surface area (Å²) < 4.78 is 0. The molecule has 1 unspecified atom stereocenters. The highest BCUT2D eigenvalue weighted by Crippen LogP contribution is 2.24. The van der Waals surface area contributed by atoms with Gasteiger partial charge in [-0.25, -0.2) is 0 Å². The Bertz CT molecular complexity index is 650. The summed E-state index contributed by atoms with van der Waals surface area (Å²) >= 11 is 0. The Kier molecular flexibility index (Phi) is 5.12. The molecule has 2 nitrogen and oxygen atoms in total. The lowest BCUT2D eigenvalue weighted by Gasteiger charge is -2.17. The number of hydrogen-bond donors (Lipinski definition) is 0. The first-order valence-electron chi connectivity index (χ1n) is 8.61. The van der Waals surface area contributed by atoms with Crippen molar-refractivity contribution in [2.24, 2.45) is 5.92 Å². The summed E-state index contributed by atoms with van der Waals surface area (Å²) in [4.78, 5) is 14.6. The number of carbonyl (C=O) groups is 1. The van der Waals surface area contributed by atoms with E-state index in [4.69, 9.17) is 0 Å². The Morgan fingerprint density at radius 2 is 1.74 bits per heavy atom. The summed E-state index contributed by atoms with van der Waals surface area (Å²) in [7, 11) is 0. The standard InChI is InChI=1S/C21H25NO/c1-17-7-5-6-10-19(17)11-12-20-14-16-22(21(20)23)15-13-18-8-3-2-4-9-18/h2-10,20H,11-16H2,1H3. The fourth-order valence-electron chi connectivity index (χ4n) is 3.42. The van der Waals surface area contributed by atoms with Gasteiger partial charge < -0.3 is 4.90 Å². The first kappa shape index (κ1) is 15.8. The predicted molar refractivity (Wildman–Crippen MR) is 94.3 cm³/mol. The monoisotopic (exact) mass is 307 g/mol. The van der Waals surface area contributed by atoms with Crippen LogP contribution in [0.15, 0.2) is 54.6 Å². The maximum Gasteiger partial charge on any atom is 0.225 e. The van der Waals surface area contributed by atoms with Crippen molar-refractivity contribution in [1.82, 2.24) is 4.90 Å². The van der Waals surface area contributed by atoms with Gasteiger partial charge in [-0.05, 0) is 49.3 Å². The molecular formula is C21H25NO. The number of carbonyl (C=O) groups excluding carboxylic acids is 1. The molecule has 1 aliphatic rings. The maximum absolute atomic E-state index is 12.6. The van der Waals surface area contributed by atoms with Gasteiger partial charge in [-0.2, -0.15) is 0 Å². The minimum Gasteiger partial charge on any atom is -0.342 e. The van der Waals surface area contributed by atoms with Crippen LogP contribution in [0, 0.1) is 12.8 Å². The number of hydrogen-bond acceptors (Lipinski definition) is 1. The van der Waals surface area contributed by atoms with Crippen molar-refractivity contribution in [3.63, 3.8) is 0 Å². The van der Waals surface area contributed by atoms with E-state index in [1.54, 1.807) is 0 Å². The summed E-state index contributed by atoms with van der Waals surface area (Å²) in [5.74, 6) is 0.569. The molecule has 1 heterocycles. The largest absolute Gasteiger partial charge is 0.342 e. The number of amides is 1. The summed E-state index contributed by atoms with van der Waals surface area (Å²) in [6.07, 6.45) is 3.96. The third-order valence-electron chi connectivity index (χ3n) is 4.95. The Balaban J connectivity index is 1.50. The van der Waals surface area contributed by atoms with E-state index < -0.39 is 0 Å². The van der Waals surface area contributed by atoms with Crippen molar-refractivity contribution in [3.05, 3.63) is 71.3 Å². The Morgan fingerprint density at radius 1 is 1.00 bits per heavy atom. The van der Waals surface area contributed by atoms with Gasteiger partial charge in [0.15, 0.2) is 0 Å². The molecule has 1 atom stereocenters. The van der Waals surface area contributed by atoms with Crippen molar-refractivity contribution < 1.29 is 4.79 Å². The SMILES string of the molecule is Cc1ccccc1CCC1CCN(CCc2ccccc2)C1=O. The first-order valence-corrected chi connectivity index (χ1v) is 8.61. The first-order chi connectivity index (χ1) is 11.2. The molecule has 2 aromatic rings. The van der Waals surface area contributed by atoms with Crippen LogP contribution < -0.4 is 0 Å². The van der Waals surface area contributed by atoms with Gasteiger partial charge in [-0.15, -0.1) is 0 Å². The van der Waals surface area contributed by atoms with Gasteiger partial charge in [0.1, 0.15) is 0 Å². The second-order valence-electron chi connectivity index (χ2n) is 6.51. The van der Waals surface area contributed by atoms with Gasteiger partial charge in [0.2, 0.25) is 5.91 Å². The van der Waals surface area contributed by atoms with E-state index >= 15 is 0 Å². The van der Waals surface area contributed by atoms with Crippen LogP contribution in [0.5, 0.6) is 0 Å². The minimum absolute atomic E-state index is 0.213. The molecule has 0 spiro atoms. The number of nitrogens with zero attached hydrogens (tertiary/aromatic N) is 1. The topological polar surface area (TPSA) is 20.3 Å². The van der Waals surface area contributed by atoms with E-state index in [-0.39, 0.29) is 5.92 Å².